The molecule has 1 aromatic carbocycles. The van der Waals surface area contributed by atoms with Crippen molar-refractivity contribution in [1.29, 1.82) is 5.26 Å². The average Bonchev–Trinajstić information content (AvgIpc) is 3.04. The van der Waals surface area contributed by atoms with Crippen molar-refractivity contribution in [1.82, 2.24) is 9.97 Å². The smallest absolute Gasteiger partial charge is 0.225 e. The molecule has 5 nitrogen and oxygen atoms in total. The zero-order valence-corrected chi connectivity index (χ0v) is 12.3. The molecule has 1 aliphatic rings. The summed E-state index contributed by atoms with van der Waals surface area (Å²) in [6, 6.07) is 8.73. The zero-order valence-electron chi connectivity index (χ0n) is 12.3. The molecular weight excluding hydrogens is 281 g/mol. The van der Waals surface area contributed by atoms with Gasteiger partial charge in [-0.1, -0.05) is 6.07 Å². The lowest BCUT2D eigenvalue weighted by Gasteiger charge is -2.25. The van der Waals surface area contributed by atoms with Crippen LogP contribution in [0.15, 0.2) is 36.7 Å². The molecule has 1 fully saturated rings. The van der Waals surface area contributed by atoms with Gasteiger partial charge in [-0.15, -0.1) is 0 Å². The number of benzene rings is 1. The number of anilines is 2. The van der Waals surface area contributed by atoms with Crippen LogP contribution < -0.4 is 9.80 Å². The highest BCUT2D eigenvalue weighted by molar-refractivity contribution is 5.60. The molecule has 0 spiro atoms. The number of aromatic nitrogens is 2. The van der Waals surface area contributed by atoms with Crippen molar-refractivity contribution in [2.75, 3.05) is 29.9 Å². The minimum absolute atomic E-state index is 0.113. The fraction of sp³-hybridized carbons (Fsp3) is 0.312. The van der Waals surface area contributed by atoms with Gasteiger partial charge in [0.2, 0.25) is 5.95 Å². The molecule has 2 heterocycles. The maximum atomic E-state index is 13.7. The van der Waals surface area contributed by atoms with Crippen LogP contribution in [0.5, 0.6) is 0 Å². The number of halogens is 1. The Hall–Kier alpha value is -2.68. The molecule has 1 aliphatic heterocycles. The molecule has 0 amide bonds. The first-order chi connectivity index (χ1) is 10.7. The molecule has 22 heavy (non-hydrogen) atoms. The van der Waals surface area contributed by atoms with E-state index >= 15 is 0 Å². The summed E-state index contributed by atoms with van der Waals surface area (Å²) in [5.74, 6) is 0.206. The molecule has 1 saturated heterocycles. The Labute approximate surface area is 128 Å². The number of nitriles is 1. The molecule has 1 atom stereocenters. The van der Waals surface area contributed by atoms with Gasteiger partial charge in [-0.25, -0.2) is 14.4 Å². The van der Waals surface area contributed by atoms with E-state index in [1.54, 1.807) is 30.6 Å². The summed E-state index contributed by atoms with van der Waals surface area (Å²) in [5.41, 5.74) is 0.772. The van der Waals surface area contributed by atoms with Crippen LogP contribution >= 0.6 is 0 Å². The van der Waals surface area contributed by atoms with Gasteiger partial charge >= 0.3 is 0 Å². The highest BCUT2D eigenvalue weighted by atomic mass is 19.1. The Morgan fingerprint density at radius 1 is 1.32 bits per heavy atom. The Morgan fingerprint density at radius 2 is 2.09 bits per heavy atom. The second kappa shape index (κ2) is 5.98. The quantitative estimate of drug-likeness (QED) is 0.869. The highest BCUT2D eigenvalue weighted by Gasteiger charge is 2.28. The summed E-state index contributed by atoms with van der Waals surface area (Å²) >= 11 is 0. The third kappa shape index (κ3) is 2.58. The van der Waals surface area contributed by atoms with Gasteiger partial charge in [-0.2, -0.15) is 5.26 Å². The van der Waals surface area contributed by atoms with E-state index in [0.29, 0.717) is 18.2 Å². The van der Waals surface area contributed by atoms with Crippen LogP contribution in [0.4, 0.5) is 16.0 Å². The zero-order chi connectivity index (χ0) is 15.5. The van der Waals surface area contributed by atoms with Crippen LogP contribution in [-0.2, 0) is 0 Å². The normalized spacial score (nSPS) is 17.3. The molecule has 3 rings (SSSR count). The minimum atomic E-state index is -0.469. The summed E-state index contributed by atoms with van der Waals surface area (Å²) in [6.45, 7) is 1.49. The lowest BCUT2D eigenvalue weighted by Crippen LogP contribution is -2.35. The third-order valence-corrected chi connectivity index (χ3v) is 4.02. The van der Waals surface area contributed by atoms with Crippen molar-refractivity contribution in [3.05, 3.63) is 48.0 Å². The number of rotatable bonds is 3. The second-order valence-corrected chi connectivity index (χ2v) is 5.29. The molecule has 0 N–H and O–H groups in total. The van der Waals surface area contributed by atoms with Gasteiger partial charge in [0, 0.05) is 32.5 Å². The van der Waals surface area contributed by atoms with E-state index < -0.39 is 5.82 Å². The standard InChI is InChI=1S/C16H16FN5/c1-21(16-19-7-3-8-20-16)12-6-9-22(11-12)15-5-2-4-14(17)13(15)10-18/h2-5,7-8,12H,6,9,11H2,1H3. The maximum Gasteiger partial charge on any atom is 0.225 e. The summed E-state index contributed by atoms with van der Waals surface area (Å²) in [6.07, 6.45) is 4.34. The van der Waals surface area contributed by atoms with Gasteiger partial charge in [0.1, 0.15) is 17.4 Å². The Kier molecular flexibility index (Phi) is 3.88. The molecule has 0 bridgehead atoms. The lowest BCUT2D eigenvalue weighted by atomic mass is 10.1. The second-order valence-electron chi connectivity index (χ2n) is 5.29. The van der Waals surface area contributed by atoms with E-state index in [4.69, 9.17) is 5.26 Å². The van der Waals surface area contributed by atoms with E-state index in [9.17, 15) is 4.39 Å². The van der Waals surface area contributed by atoms with E-state index in [-0.39, 0.29) is 11.6 Å². The van der Waals surface area contributed by atoms with E-state index in [1.807, 2.05) is 22.9 Å². The van der Waals surface area contributed by atoms with Crippen LogP contribution in [0, 0.1) is 17.1 Å². The van der Waals surface area contributed by atoms with Crippen molar-refractivity contribution in [3.8, 4) is 6.07 Å². The summed E-state index contributed by atoms with van der Waals surface area (Å²) in [4.78, 5) is 12.6. The summed E-state index contributed by atoms with van der Waals surface area (Å²) in [7, 11) is 1.96. The van der Waals surface area contributed by atoms with Crippen LogP contribution in [0.25, 0.3) is 0 Å². The van der Waals surface area contributed by atoms with Crippen LogP contribution in [0.2, 0.25) is 0 Å². The molecule has 0 radical (unpaired) electrons. The molecule has 1 unspecified atom stereocenters. The van der Waals surface area contributed by atoms with Crippen molar-refractivity contribution < 1.29 is 4.39 Å². The van der Waals surface area contributed by atoms with Gasteiger partial charge in [0.15, 0.2) is 0 Å². The van der Waals surface area contributed by atoms with E-state index in [1.165, 1.54) is 6.07 Å². The van der Waals surface area contributed by atoms with Crippen molar-refractivity contribution in [3.63, 3.8) is 0 Å². The first-order valence-electron chi connectivity index (χ1n) is 7.14. The topological polar surface area (TPSA) is 56.1 Å². The predicted octanol–water partition coefficient (Wildman–Crippen LogP) is 2.20. The fourth-order valence-corrected chi connectivity index (χ4v) is 2.80. The molecule has 0 aliphatic carbocycles. The highest BCUT2D eigenvalue weighted by Crippen LogP contribution is 2.28. The fourth-order valence-electron chi connectivity index (χ4n) is 2.80. The van der Waals surface area contributed by atoms with Gasteiger partial charge in [0.05, 0.1) is 11.7 Å². The molecule has 6 heteroatoms. The van der Waals surface area contributed by atoms with Crippen LogP contribution in [0.3, 0.4) is 0 Å². The lowest BCUT2D eigenvalue weighted by molar-refractivity contribution is 0.623. The average molecular weight is 297 g/mol. The monoisotopic (exact) mass is 297 g/mol. The SMILES string of the molecule is CN(c1ncccn1)C1CCN(c2cccc(F)c2C#N)C1. The molecule has 2 aromatic rings. The summed E-state index contributed by atoms with van der Waals surface area (Å²) in [5, 5.41) is 9.17. The van der Waals surface area contributed by atoms with Crippen LogP contribution in [-0.4, -0.2) is 36.1 Å². The van der Waals surface area contributed by atoms with Crippen molar-refractivity contribution in [2.24, 2.45) is 0 Å². The number of hydrogen-bond donors (Lipinski definition) is 0. The van der Waals surface area contributed by atoms with Gasteiger partial charge in [-0.3, -0.25) is 0 Å². The first kappa shape index (κ1) is 14.3. The largest absolute Gasteiger partial charge is 0.368 e. The Morgan fingerprint density at radius 3 is 2.82 bits per heavy atom. The first-order valence-corrected chi connectivity index (χ1v) is 7.14. The molecule has 1 aromatic heterocycles. The third-order valence-electron chi connectivity index (χ3n) is 4.02. The Bertz CT molecular complexity index is 697. The van der Waals surface area contributed by atoms with Gasteiger partial charge in [-0.05, 0) is 24.6 Å². The van der Waals surface area contributed by atoms with E-state index in [2.05, 4.69) is 9.97 Å². The molecular formula is C16H16FN5. The number of nitrogens with zero attached hydrogens (tertiary/aromatic N) is 5. The minimum Gasteiger partial charge on any atom is -0.368 e. The Balaban J connectivity index is 1.79. The number of hydrogen-bond acceptors (Lipinski definition) is 5. The van der Waals surface area contributed by atoms with Crippen LogP contribution in [0.1, 0.15) is 12.0 Å². The number of likely N-dealkylation sites (N-methyl/N-ethyl adjacent to an activating group) is 1. The predicted molar refractivity (Wildman–Crippen MR) is 82.2 cm³/mol. The molecule has 0 saturated carbocycles. The molecule has 112 valence electrons. The van der Waals surface area contributed by atoms with Gasteiger partial charge < -0.3 is 9.80 Å². The van der Waals surface area contributed by atoms with Gasteiger partial charge in [0.25, 0.3) is 0 Å². The van der Waals surface area contributed by atoms with E-state index in [0.717, 1.165) is 13.0 Å². The summed E-state index contributed by atoms with van der Waals surface area (Å²) < 4.78 is 13.7. The van der Waals surface area contributed by atoms with Crippen molar-refractivity contribution in [2.45, 2.75) is 12.5 Å². The van der Waals surface area contributed by atoms with Crippen molar-refractivity contribution >= 4 is 11.6 Å². The maximum absolute atomic E-state index is 13.7.